The molecule has 0 bridgehead atoms. The van der Waals surface area contributed by atoms with Crippen LogP contribution in [-0.2, 0) is 6.61 Å². The minimum Gasteiger partial charge on any atom is -0.489 e. The number of hydrogen-bond acceptors (Lipinski definition) is 4. The minimum absolute atomic E-state index is 0.388. The summed E-state index contributed by atoms with van der Waals surface area (Å²) in [5, 5.41) is 0. The highest BCUT2D eigenvalue weighted by atomic mass is 79.9. The fourth-order valence-corrected chi connectivity index (χ4v) is 2.36. The molecule has 5 heteroatoms. The first-order valence-corrected chi connectivity index (χ1v) is 8.11. The van der Waals surface area contributed by atoms with Crippen LogP contribution in [0.25, 0.3) is 0 Å². The van der Waals surface area contributed by atoms with Crippen molar-refractivity contribution < 1.29 is 14.3 Å². The van der Waals surface area contributed by atoms with Gasteiger partial charge < -0.3 is 9.47 Å². The van der Waals surface area contributed by atoms with Crippen LogP contribution in [0.5, 0.6) is 11.5 Å². The number of para-hydroxylation sites is 1. The van der Waals surface area contributed by atoms with Gasteiger partial charge in [0.25, 0.3) is 0 Å². The molecule has 2 aromatic carbocycles. The molecule has 0 spiro atoms. The number of rotatable bonds is 5. The van der Waals surface area contributed by atoms with Crippen molar-refractivity contribution in [1.82, 2.24) is 4.98 Å². The molecule has 0 aliphatic heterocycles. The first-order valence-electron chi connectivity index (χ1n) is 7.32. The molecule has 3 aromatic rings. The van der Waals surface area contributed by atoms with Gasteiger partial charge in [-0.1, -0.05) is 30.3 Å². The second-order valence-corrected chi connectivity index (χ2v) is 5.73. The fourth-order valence-electron chi connectivity index (χ4n) is 2.03. The van der Waals surface area contributed by atoms with E-state index in [4.69, 9.17) is 9.47 Å². The van der Waals surface area contributed by atoms with Crippen molar-refractivity contribution in [1.29, 1.82) is 0 Å². The van der Waals surface area contributed by atoms with E-state index >= 15 is 0 Å². The molecule has 0 amide bonds. The van der Waals surface area contributed by atoms with Crippen molar-refractivity contribution in [2.24, 2.45) is 0 Å². The second kappa shape index (κ2) is 7.75. The quantitative estimate of drug-likeness (QED) is 0.475. The molecule has 0 saturated heterocycles. The van der Waals surface area contributed by atoms with Gasteiger partial charge in [0.1, 0.15) is 17.0 Å². The van der Waals surface area contributed by atoms with Crippen molar-refractivity contribution >= 4 is 21.9 Å². The van der Waals surface area contributed by atoms with Crippen LogP contribution in [0.3, 0.4) is 0 Å². The summed E-state index contributed by atoms with van der Waals surface area (Å²) in [6.07, 6.45) is 1.61. The molecule has 0 atom stereocenters. The van der Waals surface area contributed by atoms with Crippen molar-refractivity contribution in [3.63, 3.8) is 0 Å². The summed E-state index contributed by atoms with van der Waals surface area (Å²) >= 11 is 3.25. The molecule has 3 rings (SSSR count). The number of halogens is 1. The zero-order valence-corrected chi connectivity index (χ0v) is 14.3. The predicted molar refractivity (Wildman–Crippen MR) is 94.1 cm³/mol. The maximum Gasteiger partial charge on any atom is 0.343 e. The van der Waals surface area contributed by atoms with Gasteiger partial charge in [-0.15, -0.1) is 0 Å². The van der Waals surface area contributed by atoms with Crippen LogP contribution in [0.1, 0.15) is 15.9 Å². The Morgan fingerprint density at radius 2 is 1.71 bits per heavy atom. The summed E-state index contributed by atoms with van der Waals surface area (Å²) in [7, 11) is 0. The van der Waals surface area contributed by atoms with Gasteiger partial charge in [0.15, 0.2) is 5.75 Å². The maximum absolute atomic E-state index is 12.2. The molecule has 0 saturated carbocycles. The number of pyridine rings is 1. The molecular weight excluding hydrogens is 370 g/mol. The first kappa shape index (κ1) is 16.2. The van der Waals surface area contributed by atoms with Crippen LogP contribution in [0.15, 0.2) is 77.5 Å². The van der Waals surface area contributed by atoms with E-state index in [1.165, 1.54) is 0 Å². The molecule has 0 aliphatic carbocycles. The predicted octanol–water partition coefficient (Wildman–Crippen LogP) is 4.64. The number of hydrogen-bond donors (Lipinski definition) is 0. The van der Waals surface area contributed by atoms with Gasteiger partial charge in [0.2, 0.25) is 0 Å². The van der Waals surface area contributed by atoms with Crippen LogP contribution in [0, 0.1) is 0 Å². The summed E-state index contributed by atoms with van der Waals surface area (Å²) in [5.74, 6) is 0.764. The Labute approximate surface area is 148 Å². The summed E-state index contributed by atoms with van der Waals surface area (Å²) < 4.78 is 11.5. The van der Waals surface area contributed by atoms with Gasteiger partial charge in [-0.2, -0.15) is 0 Å². The monoisotopic (exact) mass is 383 g/mol. The van der Waals surface area contributed by atoms with Crippen LogP contribution in [0.2, 0.25) is 0 Å². The Balaban J connectivity index is 1.61. The van der Waals surface area contributed by atoms with Crippen molar-refractivity contribution in [2.45, 2.75) is 6.61 Å². The summed E-state index contributed by atoms with van der Waals surface area (Å²) in [5.41, 5.74) is 1.44. The highest BCUT2D eigenvalue weighted by molar-refractivity contribution is 9.10. The fraction of sp³-hybridized carbons (Fsp3) is 0.0526. The van der Waals surface area contributed by atoms with Crippen LogP contribution in [-0.4, -0.2) is 11.0 Å². The third-order valence-electron chi connectivity index (χ3n) is 3.27. The minimum atomic E-state index is -0.431. The Kier molecular flexibility index (Phi) is 5.23. The van der Waals surface area contributed by atoms with Crippen molar-refractivity contribution in [3.05, 3.63) is 88.7 Å². The third kappa shape index (κ3) is 4.20. The van der Waals surface area contributed by atoms with E-state index in [0.29, 0.717) is 22.5 Å². The topological polar surface area (TPSA) is 48.4 Å². The SMILES string of the molecule is O=C(Oc1cccnc1Br)c1ccc(COc2ccccc2)cc1. The van der Waals surface area contributed by atoms with Gasteiger partial charge in [-0.25, -0.2) is 9.78 Å². The molecule has 0 aliphatic rings. The van der Waals surface area contributed by atoms with E-state index in [2.05, 4.69) is 20.9 Å². The maximum atomic E-state index is 12.2. The first-order chi connectivity index (χ1) is 11.7. The lowest BCUT2D eigenvalue weighted by Gasteiger charge is -2.08. The van der Waals surface area contributed by atoms with Crippen molar-refractivity contribution in [2.75, 3.05) is 0 Å². The number of aromatic nitrogens is 1. The van der Waals surface area contributed by atoms with Crippen molar-refractivity contribution in [3.8, 4) is 11.5 Å². The molecule has 1 aromatic heterocycles. The molecule has 24 heavy (non-hydrogen) atoms. The average Bonchev–Trinajstić information content (AvgIpc) is 2.63. The summed E-state index contributed by atoms with van der Waals surface area (Å²) in [6, 6.07) is 20.1. The lowest BCUT2D eigenvalue weighted by Crippen LogP contribution is -2.09. The number of carbonyl (C=O) groups excluding carboxylic acids is 1. The highest BCUT2D eigenvalue weighted by Gasteiger charge is 2.11. The van der Waals surface area contributed by atoms with E-state index < -0.39 is 5.97 Å². The normalized spacial score (nSPS) is 10.2. The molecule has 0 N–H and O–H groups in total. The van der Waals surface area contributed by atoms with Crippen LogP contribution in [0.4, 0.5) is 0 Å². The smallest absolute Gasteiger partial charge is 0.343 e. The number of ether oxygens (including phenoxy) is 2. The largest absolute Gasteiger partial charge is 0.489 e. The number of carbonyl (C=O) groups is 1. The van der Waals surface area contributed by atoms with E-state index in [-0.39, 0.29) is 0 Å². The number of esters is 1. The zero-order valence-electron chi connectivity index (χ0n) is 12.7. The molecule has 120 valence electrons. The Morgan fingerprint density at radius 1 is 0.958 bits per heavy atom. The van der Waals surface area contributed by atoms with Gasteiger partial charge in [0.05, 0.1) is 5.56 Å². The van der Waals surface area contributed by atoms with Gasteiger partial charge >= 0.3 is 5.97 Å². The highest BCUT2D eigenvalue weighted by Crippen LogP contribution is 2.22. The van der Waals surface area contributed by atoms with Gasteiger partial charge in [-0.3, -0.25) is 0 Å². The molecule has 0 fully saturated rings. The molecule has 0 unspecified atom stereocenters. The summed E-state index contributed by atoms with van der Waals surface area (Å²) in [4.78, 5) is 16.2. The summed E-state index contributed by atoms with van der Waals surface area (Å²) in [6.45, 7) is 0.438. The average molecular weight is 384 g/mol. The Bertz CT molecular complexity index is 820. The van der Waals surface area contributed by atoms with E-state index in [9.17, 15) is 4.79 Å². The zero-order chi connectivity index (χ0) is 16.8. The van der Waals surface area contributed by atoms with Crippen LogP contribution < -0.4 is 9.47 Å². The third-order valence-corrected chi connectivity index (χ3v) is 3.86. The van der Waals surface area contributed by atoms with E-state index in [1.54, 1.807) is 30.5 Å². The molecule has 1 heterocycles. The van der Waals surface area contributed by atoms with Crippen LogP contribution >= 0.6 is 15.9 Å². The number of benzene rings is 2. The number of nitrogens with zero attached hydrogens (tertiary/aromatic N) is 1. The lowest BCUT2D eigenvalue weighted by atomic mass is 10.1. The van der Waals surface area contributed by atoms with Gasteiger partial charge in [0, 0.05) is 6.20 Å². The standard InChI is InChI=1S/C19H14BrNO3/c20-18-17(7-4-12-21-18)24-19(22)15-10-8-14(9-11-15)13-23-16-5-2-1-3-6-16/h1-12H,13H2. The molecular formula is C19H14BrNO3. The Hall–Kier alpha value is -2.66. The lowest BCUT2D eigenvalue weighted by molar-refractivity contribution is 0.0732. The van der Waals surface area contributed by atoms with E-state index in [1.807, 2.05) is 42.5 Å². The molecule has 4 nitrogen and oxygen atoms in total. The van der Waals surface area contributed by atoms with Gasteiger partial charge in [-0.05, 0) is 57.9 Å². The Morgan fingerprint density at radius 3 is 2.42 bits per heavy atom. The molecule has 0 radical (unpaired) electrons. The second-order valence-electron chi connectivity index (χ2n) is 4.98. The van der Waals surface area contributed by atoms with E-state index in [0.717, 1.165) is 11.3 Å².